The van der Waals surface area contributed by atoms with Crippen molar-refractivity contribution in [3.63, 3.8) is 0 Å². The fraction of sp³-hybridized carbons (Fsp3) is 0.533. The monoisotopic (exact) mass is 336 g/mol. The van der Waals surface area contributed by atoms with Gasteiger partial charge in [-0.2, -0.15) is 4.98 Å². The first kappa shape index (κ1) is 16.1. The molecule has 3 heterocycles. The van der Waals surface area contributed by atoms with Crippen LogP contribution in [0.1, 0.15) is 25.3 Å². The van der Waals surface area contributed by atoms with E-state index in [4.69, 9.17) is 9.63 Å². The van der Waals surface area contributed by atoms with Gasteiger partial charge in [-0.3, -0.25) is 9.69 Å². The summed E-state index contributed by atoms with van der Waals surface area (Å²) >= 11 is 1.59. The maximum Gasteiger partial charge on any atom is 0.304 e. The lowest BCUT2D eigenvalue weighted by atomic mass is 10.2. The summed E-state index contributed by atoms with van der Waals surface area (Å²) in [6, 6.07) is 4.01. The van der Waals surface area contributed by atoms with Crippen molar-refractivity contribution < 1.29 is 14.4 Å². The molecule has 1 N–H and O–H groups in total. The van der Waals surface area contributed by atoms with Crippen molar-refractivity contribution in [2.45, 2.75) is 19.4 Å². The molecule has 1 unspecified atom stereocenters. The van der Waals surface area contributed by atoms with Gasteiger partial charge in [0.05, 0.1) is 17.3 Å². The second-order valence-corrected chi connectivity index (χ2v) is 6.58. The average molecular weight is 336 g/mol. The van der Waals surface area contributed by atoms with Gasteiger partial charge in [0.2, 0.25) is 11.7 Å². The Balaban J connectivity index is 1.55. The van der Waals surface area contributed by atoms with Gasteiger partial charge in [-0.1, -0.05) is 11.2 Å². The van der Waals surface area contributed by atoms with Crippen LogP contribution >= 0.6 is 11.3 Å². The zero-order valence-electron chi connectivity index (χ0n) is 13.0. The average Bonchev–Trinajstić information content (AvgIpc) is 3.23. The summed E-state index contributed by atoms with van der Waals surface area (Å²) < 4.78 is 5.42. The predicted octanol–water partition coefficient (Wildman–Crippen LogP) is 1.95. The van der Waals surface area contributed by atoms with Crippen LogP contribution < -0.4 is 0 Å². The molecule has 0 amide bonds. The summed E-state index contributed by atoms with van der Waals surface area (Å²) in [5.41, 5.74) is 0. The van der Waals surface area contributed by atoms with Gasteiger partial charge in [-0.15, -0.1) is 11.3 Å². The van der Waals surface area contributed by atoms with Crippen molar-refractivity contribution in [1.82, 2.24) is 19.9 Å². The Morgan fingerprint density at radius 1 is 1.43 bits per heavy atom. The molecule has 3 rings (SSSR count). The molecule has 0 bridgehead atoms. The largest absolute Gasteiger partial charge is 0.481 e. The summed E-state index contributed by atoms with van der Waals surface area (Å²) in [4.78, 5) is 20.6. The fourth-order valence-electron chi connectivity index (χ4n) is 2.69. The number of carbonyl (C=O) groups is 1. The molecule has 2 aromatic heterocycles. The zero-order chi connectivity index (χ0) is 16.2. The third-order valence-electron chi connectivity index (χ3n) is 4.14. The number of piperazine rings is 1. The van der Waals surface area contributed by atoms with Crippen molar-refractivity contribution >= 4 is 17.3 Å². The third-order valence-corrected chi connectivity index (χ3v) is 5.00. The van der Waals surface area contributed by atoms with Crippen LogP contribution in [0, 0.1) is 0 Å². The second-order valence-electron chi connectivity index (χ2n) is 5.63. The van der Waals surface area contributed by atoms with Gasteiger partial charge in [-0.25, -0.2) is 0 Å². The molecular weight excluding hydrogens is 316 g/mol. The van der Waals surface area contributed by atoms with Crippen molar-refractivity contribution in [1.29, 1.82) is 0 Å². The molecule has 1 saturated heterocycles. The molecule has 0 aliphatic carbocycles. The van der Waals surface area contributed by atoms with E-state index in [1.165, 1.54) is 0 Å². The number of carboxylic acids is 1. The molecule has 2 aromatic rings. The molecule has 0 radical (unpaired) electrons. The van der Waals surface area contributed by atoms with Crippen molar-refractivity contribution in [2.24, 2.45) is 0 Å². The quantitative estimate of drug-likeness (QED) is 0.863. The van der Waals surface area contributed by atoms with Crippen LogP contribution in [-0.4, -0.2) is 63.7 Å². The number of carboxylic acid groups (broad SMARTS) is 1. The highest BCUT2D eigenvalue weighted by atomic mass is 32.1. The van der Waals surface area contributed by atoms with Crippen LogP contribution in [0.2, 0.25) is 0 Å². The molecule has 0 spiro atoms. The summed E-state index contributed by atoms with van der Waals surface area (Å²) in [7, 11) is 0. The van der Waals surface area contributed by atoms with Gasteiger partial charge in [0, 0.05) is 32.7 Å². The van der Waals surface area contributed by atoms with Crippen LogP contribution in [0.15, 0.2) is 22.0 Å². The van der Waals surface area contributed by atoms with Crippen LogP contribution in [-0.2, 0) is 4.79 Å². The number of thiophene rings is 1. The van der Waals surface area contributed by atoms with E-state index >= 15 is 0 Å². The summed E-state index contributed by atoms with van der Waals surface area (Å²) in [5.74, 6) is 0.530. The molecule has 1 fully saturated rings. The number of hydrogen-bond acceptors (Lipinski definition) is 7. The van der Waals surface area contributed by atoms with Gasteiger partial charge in [0.25, 0.3) is 0 Å². The Labute approximate surface area is 138 Å². The fourth-order valence-corrected chi connectivity index (χ4v) is 3.34. The Bertz CT molecular complexity index is 635. The van der Waals surface area contributed by atoms with Gasteiger partial charge >= 0.3 is 5.97 Å². The standard InChI is InChI=1S/C15H20N4O3S/c1-11(15-16-14(17-22-15)12-3-2-10-23-12)19-8-6-18(7-9-19)5-4-13(20)21/h2-3,10-11H,4-9H2,1H3,(H,20,21). The number of hydrogen-bond donors (Lipinski definition) is 1. The van der Waals surface area contributed by atoms with Crippen LogP contribution in [0.4, 0.5) is 0 Å². The molecule has 1 aliphatic rings. The second kappa shape index (κ2) is 7.20. The molecule has 7 nitrogen and oxygen atoms in total. The van der Waals surface area contributed by atoms with Crippen molar-refractivity contribution in [3.05, 3.63) is 23.4 Å². The Hall–Kier alpha value is -1.77. The first-order chi connectivity index (χ1) is 11.1. The summed E-state index contributed by atoms with van der Waals surface area (Å²) in [6.45, 7) is 6.15. The van der Waals surface area contributed by atoms with E-state index in [2.05, 4.69) is 26.9 Å². The van der Waals surface area contributed by atoms with Crippen LogP contribution in [0.3, 0.4) is 0 Å². The maximum atomic E-state index is 10.6. The Morgan fingerprint density at radius 2 is 2.22 bits per heavy atom. The van der Waals surface area contributed by atoms with Gasteiger partial charge in [0.15, 0.2) is 0 Å². The van der Waals surface area contributed by atoms with Crippen LogP contribution in [0.5, 0.6) is 0 Å². The number of aliphatic carboxylic acids is 1. The third kappa shape index (κ3) is 3.95. The van der Waals surface area contributed by atoms with Gasteiger partial charge in [-0.05, 0) is 18.4 Å². The molecule has 1 aliphatic heterocycles. The molecule has 0 aromatic carbocycles. The minimum absolute atomic E-state index is 0.0674. The minimum atomic E-state index is -0.743. The van der Waals surface area contributed by atoms with E-state index < -0.39 is 5.97 Å². The Morgan fingerprint density at radius 3 is 2.87 bits per heavy atom. The zero-order valence-corrected chi connectivity index (χ0v) is 13.8. The van der Waals surface area contributed by atoms with Crippen molar-refractivity contribution in [3.8, 4) is 10.7 Å². The highest BCUT2D eigenvalue weighted by molar-refractivity contribution is 7.13. The first-order valence-electron chi connectivity index (χ1n) is 7.69. The SMILES string of the molecule is CC(c1nc(-c2cccs2)no1)N1CCN(CCC(=O)O)CC1. The maximum absolute atomic E-state index is 10.6. The Kier molecular flexibility index (Phi) is 5.04. The molecular formula is C15H20N4O3S. The number of aromatic nitrogens is 2. The van der Waals surface area contributed by atoms with E-state index in [9.17, 15) is 4.79 Å². The molecule has 8 heteroatoms. The minimum Gasteiger partial charge on any atom is -0.481 e. The molecule has 124 valence electrons. The van der Waals surface area contributed by atoms with E-state index in [1.807, 2.05) is 17.5 Å². The van der Waals surface area contributed by atoms with Gasteiger partial charge < -0.3 is 14.5 Å². The van der Waals surface area contributed by atoms with Crippen molar-refractivity contribution in [2.75, 3.05) is 32.7 Å². The van der Waals surface area contributed by atoms with E-state index in [1.54, 1.807) is 11.3 Å². The molecule has 0 saturated carbocycles. The topological polar surface area (TPSA) is 82.7 Å². The highest BCUT2D eigenvalue weighted by Crippen LogP contribution is 2.25. The molecule has 23 heavy (non-hydrogen) atoms. The summed E-state index contributed by atoms with van der Waals surface area (Å²) in [5, 5.41) is 14.8. The lowest BCUT2D eigenvalue weighted by molar-refractivity contribution is -0.137. The smallest absolute Gasteiger partial charge is 0.304 e. The molecule has 1 atom stereocenters. The van der Waals surface area contributed by atoms with E-state index in [0.29, 0.717) is 18.3 Å². The number of nitrogens with zero attached hydrogens (tertiary/aromatic N) is 4. The first-order valence-corrected chi connectivity index (χ1v) is 8.57. The normalized spacial score (nSPS) is 18.1. The lowest BCUT2D eigenvalue weighted by Gasteiger charge is -2.36. The predicted molar refractivity (Wildman–Crippen MR) is 86.3 cm³/mol. The van der Waals surface area contributed by atoms with E-state index in [0.717, 1.165) is 31.1 Å². The van der Waals surface area contributed by atoms with E-state index in [-0.39, 0.29) is 12.5 Å². The van der Waals surface area contributed by atoms with Gasteiger partial charge in [0.1, 0.15) is 0 Å². The lowest BCUT2D eigenvalue weighted by Crippen LogP contribution is -2.47. The highest BCUT2D eigenvalue weighted by Gasteiger charge is 2.26. The summed E-state index contributed by atoms with van der Waals surface area (Å²) in [6.07, 6.45) is 0.198. The number of rotatable bonds is 6. The van der Waals surface area contributed by atoms with Crippen LogP contribution in [0.25, 0.3) is 10.7 Å².